The summed E-state index contributed by atoms with van der Waals surface area (Å²) in [5.41, 5.74) is 2.51. The second-order valence-electron chi connectivity index (χ2n) is 9.98. The molecule has 0 aromatic heterocycles. The first-order valence-electron chi connectivity index (χ1n) is 11.5. The lowest BCUT2D eigenvalue weighted by Crippen LogP contribution is -2.41. The summed E-state index contributed by atoms with van der Waals surface area (Å²) in [5, 5.41) is 5.00. The smallest absolute Gasteiger partial charge is 0.251 e. The molecule has 0 unspecified atom stereocenters. The van der Waals surface area contributed by atoms with Crippen molar-refractivity contribution >= 4 is 26.7 Å². The first-order valence-corrected chi connectivity index (χ1v) is 13.4. The van der Waals surface area contributed by atoms with E-state index in [0.717, 1.165) is 22.6 Å². The highest BCUT2D eigenvalue weighted by Gasteiger charge is 2.28. The summed E-state index contributed by atoms with van der Waals surface area (Å²) in [6.07, 6.45) is 3.56. The SMILES string of the molecule is Cc1cc([C@H](C)NC(=O)c2ccc3cc(C4CC4)ccc3c2)c(F)cc1C(C)(C)NS(C)(=O)=O. The molecular weight excluding hydrogens is 451 g/mol. The van der Waals surface area contributed by atoms with E-state index in [1.54, 1.807) is 39.8 Å². The number of aryl methyl sites for hydroxylation is 1. The van der Waals surface area contributed by atoms with Gasteiger partial charge in [0.2, 0.25) is 10.0 Å². The van der Waals surface area contributed by atoms with E-state index in [0.29, 0.717) is 22.6 Å². The highest BCUT2D eigenvalue weighted by Crippen LogP contribution is 2.41. The van der Waals surface area contributed by atoms with E-state index in [-0.39, 0.29) is 5.91 Å². The van der Waals surface area contributed by atoms with Gasteiger partial charge in [-0.3, -0.25) is 4.79 Å². The fourth-order valence-corrected chi connectivity index (χ4v) is 5.70. The summed E-state index contributed by atoms with van der Waals surface area (Å²) in [5.74, 6) is -0.102. The van der Waals surface area contributed by atoms with Gasteiger partial charge >= 0.3 is 0 Å². The minimum Gasteiger partial charge on any atom is -0.345 e. The number of rotatable bonds is 7. The van der Waals surface area contributed by atoms with Crippen LogP contribution in [0.25, 0.3) is 10.8 Å². The number of benzene rings is 3. The third-order valence-electron chi connectivity index (χ3n) is 6.45. The summed E-state index contributed by atoms with van der Waals surface area (Å²) in [6, 6.07) is 14.4. The molecule has 0 aliphatic heterocycles. The fraction of sp³-hybridized carbons (Fsp3) is 0.370. The van der Waals surface area contributed by atoms with E-state index < -0.39 is 27.4 Å². The number of sulfonamides is 1. The monoisotopic (exact) mass is 482 g/mol. The fourth-order valence-electron chi connectivity index (χ4n) is 4.66. The van der Waals surface area contributed by atoms with Gasteiger partial charge in [0, 0.05) is 11.1 Å². The van der Waals surface area contributed by atoms with Gasteiger partial charge in [-0.25, -0.2) is 17.5 Å². The van der Waals surface area contributed by atoms with Crippen molar-refractivity contribution < 1.29 is 17.6 Å². The van der Waals surface area contributed by atoms with Gasteiger partial charge < -0.3 is 5.32 Å². The van der Waals surface area contributed by atoms with Crippen molar-refractivity contribution in [3.05, 3.63) is 82.2 Å². The van der Waals surface area contributed by atoms with Crippen LogP contribution in [0.3, 0.4) is 0 Å². The van der Waals surface area contributed by atoms with Crippen molar-refractivity contribution in [2.45, 2.75) is 58.0 Å². The molecule has 0 bridgehead atoms. The van der Waals surface area contributed by atoms with Crippen LogP contribution in [0.2, 0.25) is 0 Å². The molecule has 1 fully saturated rings. The Morgan fingerprint density at radius 2 is 1.71 bits per heavy atom. The van der Waals surface area contributed by atoms with Gasteiger partial charge in [0.15, 0.2) is 0 Å². The molecular formula is C27H31FN2O3S. The molecule has 1 atom stereocenters. The predicted octanol–water partition coefficient (Wildman–Crippen LogP) is 5.44. The maximum absolute atomic E-state index is 15.1. The van der Waals surface area contributed by atoms with E-state index in [9.17, 15) is 13.2 Å². The van der Waals surface area contributed by atoms with Gasteiger partial charge in [0.05, 0.1) is 17.8 Å². The van der Waals surface area contributed by atoms with E-state index in [4.69, 9.17) is 0 Å². The van der Waals surface area contributed by atoms with E-state index in [1.165, 1.54) is 24.5 Å². The summed E-state index contributed by atoms with van der Waals surface area (Å²) < 4.78 is 41.1. The molecule has 4 rings (SSSR count). The van der Waals surface area contributed by atoms with Crippen molar-refractivity contribution in [2.24, 2.45) is 0 Å². The lowest BCUT2D eigenvalue weighted by Gasteiger charge is -2.28. The van der Waals surface area contributed by atoms with E-state index in [1.807, 2.05) is 12.1 Å². The van der Waals surface area contributed by atoms with Crippen LogP contribution in [0.5, 0.6) is 0 Å². The Kier molecular flexibility index (Phi) is 6.29. The van der Waals surface area contributed by atoms with Crippen molar-refractivity contribution in [2.75, 3.05) is 6.26 Å². The largest absolute Gasteiger partial charge is 0.345 e. The average Bonchev–Trinajstić information content (AvgIpc) is 3.57. The highest BCUT2D eigenvalue weighted by atomic mass is 32.2. The maximum Gasteiger partial charge on any atom is 0.251 e. The summed E-state index contributed by atoms with van der Waals surface area (Å²) in [4.78, 5) is 12.9. The molecule has 1 amide bonds. The highest BCUT2D eigenvalue weighted by molar-refractivity contribution is 7.88. The number of halogens is 1. The lowest BCUT2D eigenvalue weighted by molar-refractivity contribution is 0.0939. The third kappa shape index (κ3) is 5.31. The van der Waals surface area contributed by atoms with Crippen LogP contribution in [0.1, 0.15) is 78.2 Å². The number of fused-ring (bicyclic) bond motifs is 1. The van der Waals surface area contributed by atoms with Crippen molar-refractivity contribution in [1.29, 1.82) is 0 Å². The minimum absolute atomic E-state index is 0.277. The summed E-state index contributed by atoms with van der Waals surface area (Å²) in [7, 11) is -3.48. The van der Waals surface area contributed by atoms with Crippen LogP contribution >= 0.6 is 0 Å². The molecule has 0 radical (unpaired) electrons. The Labute approximate surface area is 200 Å². The number of nitrogens with one attached hydrogen (secondary N) is 2. The van der Waals surface area contributed by atoms with Crippen LogP contribution in [-0.2, 0) is 15.6 Å². The molecule has 2 N–H and O–H groups in total. The molecule has 1 saturated carbocycles. The van der Waals surface area contributed by atoms with Gasteiger partial charge in [0.25, 0.3) is 5.91 Å². The molecule has 0 spiro atoms. The molecule has 0 saturated heterocycles. The Morgan fingerprint density at radius 1 is 1.06 bits per heavy atom. The molecule has 3 aromatic carbocycles. The molecule has 1 aliphatic carbocycles. The zero-order valence-corrected chi connectivity index (χ0v) is 21.0. The molecule has 1 aliphatic rings. The molecule has 3 aromatic rings. The maximum atomic E-state index is 15.1. The quantitative estimate of drug-likeness (QED) is 0.471. The number of hydrogen-bond acceptors (Lipinski definition) is 3. The molecule has 5 nitrogen and oxygen atoms in total. The first kappa shape index (κ1) is 24.4. The van der Waals surface area contributed by atoms with Crippen LogP contribution < -0.4 is 10.0 Å². The number of hydrogen-bond donors (Lipinski definition) is 2. The lowest BCUT2D eigenvalue weighted by atomic mass is 9.89. The van der Waals surface area contributed by atoms with Crippen molar-refractivity contribution in [1.82, 2.24) is 10.0 Å². The van der Waals surface area contributed by atoms with Crippen LogP contribution in [-0.4, -0.2) is 20.6 Å². The predicted molar refractivity (Wildman–Crippen MR) is 134 cm³/mol. The normalized spacial score (nSPS) is 15.4. The van der Waals surface area contributed by atoms with Gasteiger partial charge in [-0.1, -0.05) is 30.3 Å². The second kappa shape index (κ2) is 8.78. The van der Waals surface area contributed by atoms with Gasteiger partial charge in [-0.15, -0.1) is 0 Å². The van der Waals surface area contributed by atoms with Crippen LogP contribution in [0.4, 0.5) is 4.39 Å². The third-order valence-corrected chi connectivity index (χ3v) is 7.33. The average molecular weight is 483 g/mol. The molecule has 180 valence electrons. The van der Waals surface area contributed by atoms with E-state index >= 15 is 4.39 Å². The summed E-state index contributed by atoms with van der Waals surface area (Å²) in [6.45, 7) is 6.91. The van der Waals surface area contributed by atoms with Crippen molar-refractivity contribution in [3.8, 4) is 0 Å². The first-order chi connectivity index (χ1) is 15.8. The van der Waals surface area contributed by atoms with Gasteiger partial charge in [-0.2, -0.15) is 0 Å². The Morgan fingerprint density at radius 3 is 2.35 bits per heavy atom. The Balaban J connectivity index is 1.53. The molecule has 7 heteroatoms. The zero-order valence-electron chi connectivity index (χ0n) is 20.2. The second-order valence-corrected chi connectivity index (χ2v) is 11.7. The summed E-state index contributed by atoms with van der Waals surface area (Å²) >= 11 is 0. The molecule has 34 heavy (non-hydrogen) atoms. The minimum atomic E-state index is -3.48. The van der Waals surface area contributed by atoms with Gasteiger partial charge in [-0.05, 0) is 92.1 Å². The Hall–Kier alpha value is -2.77. The van der Waals surface area contributed by atoms with Gasteiger partial charge in [0.1, 0.15) is 5.82 Å². The zero-order chi connectivity index (χ0) is 24.8. The van der Waals surface area contributed by atoms with Crippen LogP contribution in [0.15, 0.2) is 48.5 Å². The number of amides is 1. The number of carbonyl (C=O) groups is 1. The Bertz CT molecular complexity index is 1380. The van der Waals surface area contributed by atoms with E-state index in [2.05, 4.69) is 28.2 Å². The van der Waals surface area contributed by atoms with Crippen molar-refractivity contribution in [3.63, 3.8) is 0 Å². The van der Waals surface area contributed by atoms with Crippen LogP contribution in [0, 0.1) is 12.7 Å². The topological polar surface area (TPSA) is 75.3 Å². The number of carbonyl (C=O) groups excluding carboxylic acids is 1. The standard InChI is InChI=1S/C27H31FN2O3S/c1-16-12-23(25(28)15-24(16)27(3,4)30-34(5,32)33)17(2)29-26(31)22-11-10-20-13-19(18-6-7-18)8-9-21(20)14-22/h8-15,17-18,30H,6-7H2,1-5H3,(H,29,31)/t17-/m0/s1. The molecule has 0 heterocycles.